The molecule has 2 unspecified atom stereocenters. The van der Waals surface area contributed by atoms with Crippen LogP contribution < -0.4 is 5.32 Å². The van der Waals surface area contributed by atoms with Gasteiger partial charge in [0.2, 0.25) is 5.91 Å². The molecule has 57 heavy (non-hydrogen) atoms. The maximum Gasteiger partial charge on any atom is 0.305 e. The van der Waals surface area contributed by atoms with E-state index in [0.717, 1.165) is 57.8 Å². The number of amides is 1. The molecule has 0 aromatic rings. The molecule has 6 heteroatoms. The van der Waals surface area contributed by atoms with E-state index < -0.39 is 12.1 Å². The molecule has 0 aromatic carbocycles. The minimum atomic E-state index is -0.858. The third-order valence-electron chi connectivity index (χ3n) is 11.8. The van der Waals surface area contributed by atoms with Crippen LogP contribution in [-0.2, 0) is 14.3 Å². The van der Waals surface area contributed by atoms with Gasteiger partial charge in [-0.1, -0.05) is 244 Å². The highest BCUT2D eigenvalue weighted by atomic mass is 16.5. The molecule has 0 aliphatic heterocycles. The van der Waals surface area contributed by atoms with Crippen molar-refractivity contribution in [3.8, 4) is 0 Å². The van der Waals surface area contributed by atoms with Crippen molar-refractivity contribution < 1.29 is 24.5 Å². The summed E-state index contributed by atoms with van der Waals surface area (Å²) >= 11 is 0. The fourth-order valence-electron chi connectivity index (χ4n) is 7.87. The summed E-state index contributed by atoms with van der Waals surface area (Å²) < 4.78 is 5.43. The van der Waals surface area contributed by atoms with E-state index in [1.807, 2.05) is 6.08 Å². The number of esters is 1. The summed E-state index contributed by atoms with van der Waals surface area (Å²) in [7, 11) is 0. The van der Waals surface area contributed by atoms with Crippen LogP contribution in [0.1, 0.15) is 277 Å². The van der Waals surface area contributed by atoms with E-state index in [-0.39, 0.29) is 18.5 Å². The Balaban J connectivity index is 3.52. The Morgan fingerprint density at radius 1 is 0.474 bits per heavy atom. The van der Waals surface area contributed by atoms with Gasteiger partial charge < -0.3 is 20.3 Å². The van der Waals surface area contributed by atoms with Crippen LogP contribution >= 0.6 is 0 Å². The minimum absolute atomic E-state index is 0.0208. The summed E-state index contributed by atoms with van der Waals surface area (Å²) in [6, 6.07) is -0.643. The average molecular weight is 806 g/mol. The van der Waals surface area contributed by atoms with E-state index in [0.29, 0.717) is 19.4 Å². The molecule has 0 saturated carbocycles. The van der Waals surface area contributed by atoms with E-state index in [4.69, 9.17) is 4.74 Å². The van der Waals surface area contributed by atoms with Crippen molar-refractivity contribution in [2.45, 2.75) is 289 Å². The normalized spacial score (nSPS) is 12.7. The number of aliphatic hydroxyl groups is 2. The highest BCUT2D eigenvalue weighted by Crippen LogP contribution is 2.16. The highest BCUT2D eigenvalue weighted by molar-refractivity contribution is 5.76. The van der Waals surface area contributed by atoms with Crippen molar-refractivity contribution in [3.05, 3.63) is 12.2 Å². The zero-order valence-corrected chi connectivity index (χ0v) is 38.3. The second-order valence-electron chi connectivity index (χ2n) is 17.5. The van der Waals surface area contributed by atoms with Gasteiger partial charge >= 0.3 is 5.97 Å². The summed E-state index contributed by atoms with van der Waals surface area (Å²) in [5.41, 5.74) is 0. The van der Waals surface area contributed by atoms with Crippen LogP contribution in [0.5, 0.6) is 0 Å². The van der Waals surface area contributed by atoms with Crippen LogP contribution in [0, 0.1) is 0 Å². The first-order valence-corrected chi connectivity index (χ1v) is 25.5. The molecule has 1 amide bonds. The smallest absolute Gasteiger partial charge is 0.305 e. The molecule has 0 heterocycles. The third-order valence-corrected chi connectivity index (χ3v) is 11.8. The molecule has 0 radical (unpaired) electrons. The molecule has 0 spiro atoms. The topological polar surface area (TPSA) is 95.9 Å². The van der Waals surface area contributed by atoms with Gasteiger partial charge in [-0.05, 0) is 32.1 Å². The molecule has 0 aromatic heterocycles. The summed E-state index contributed by atoms with van der Waals surface area (Å²) in [5, 5.41) is 23.1. The molecule has 0 aliphatic rings. The molecule has 3 N–H and O–H groups in total. The number of carbonyl (C=O) groups is 2. The predicted molar refractivity (Wildman–Crippen MR) is 246 cm³/mol. The zero-order valence-electron chi connectivity index (χ0n) is 38.3. The number of carbonyl (C=O) groups excluding carboxylic acids is 2. The van der Waals surface area contributed by atoms with Crippen molar-refractivity contribution in [1.82, 2.24) is 5.32 Å². The Morgan fingerprint density at radius 3 is 1.19 bits per heavy atom. The maximum atomic E-state index is 12.4. The fraction of sp³-hybridized carbons (Fsp3) is 0.922. The van der Waals surface area contributed by atoms with Crippen molar-refractivity contribution in [2.24, 2.45) is 0 Å². The largest absolute Gasteiger partial charge is 0.466 e. The average Bonchev–Trinajstić information content (AvgIpc) is 3.21. The van der Waals surface area contributed by atoms with Crippen LogP contribution in [0.4, 0.5) is 0 Å². The van der Waals surface area contributed by atoms with Crippen molar-refractivity contribution in [2.75, 3.05) is 13.2 Å². The van der Waals surface area contributed by atoms with Gasteiger partial charge in [-0.3, -0.25) is 9.59 Å². The second-order valence-corrected chi connectivity index (χ2v) is 17.5. The first-order valence-electron chi connectivity index (χ1n) is 25.5. The van der Waals surface area contributed by atoms with E-state index in [9.17, 15) is 19.8 Å². The molecule has 0 bridgehead atoms. The molecule has 0 aliphatic carbocycles. The van der Waals surface area contributed by atoms with E-state index in [1.165, 1.54) is 193 Å². The number of allylic oxidation sites excluding steroid dienone is 1. The Bertz CT molecular complexity index is 847. The number of hydrogen-bond acceptors (Lipinski definition) is 5. The summed E-state index contributed by atoms with van der Waals surface area (Å²) in [6.07, 6.45) is 53.5. The van der Waals surface area contributed by atoms with Gasteiger partial charge in [0.05, 0.1) is 25.4 Å². The molecule has 0 saturated heterocycles. The highest BCUT2D eigenvalue weighted by Gasteiger charge is 2.18. The van der Waals surface area contributed by atoms with Crippen LogP contribution in [0.15, 0.2) is 12.2 Å². The lowest BCUT2D eigenvalue weighted by Gasteiger charge is -2.20. The molecule has 6 nitrogen and oxygen atoms in total. The first-order chi connectivity index (χ1) is 28.0. The number of ether oxygens (including phenoxy) is 1. The summed E-state index contributed by atoms with van der Waals surface area (Å²) in [6.45, 7) is 4.85. The predicted octanol–water partition coefficient (Wildman–Crippen LogP) is 15.0. The minimum Gasteiger partial charge on any atom is -0.466 e. The zero-order chi connectivity index (χ0) is 41.5. The fourth-order valence-corrected chi connectivity index (χ4v) is 7.87. The van der Waals surface area contributed by atoms with E-state index >= 15 is 0 Å². The number of rotatable bonds is 47. The van der Waals surface area contributed by atoms with Gasteiger partial charge in [0.15, 0.2) is 0 Å². The third kappa shape index (κ3) is 44.0. The summed E-state index contributed by atoms with van der Waals surface area (Å²) in [4.78, 5) is 24.4. The lowest BCUT2D eigenvalue weighted by molar-refractivity contribution is -0.143. The van der Waals surface area contributed by atoms with Crippen LogP contribution in [0.25, 0.3) is 0 Å². The Kier molecular flexibility index (Phi) is 46.1. The Morgan fingerprint density at radius 2 is 0.807 bits per heavy atom. The molecule has 2 atom stereocenters. The van der Waals surface area contributed by atoms with E-state index in [2.05, 4.69) is 19.2 Å². The number of hydrogen-bond donors (Lipinski definition) is 3. The molecule has 0 rings (SSSR count). The van der Waals surface area contributed by atoms with Gasteiger partial charge in [0, 0.05) is 12.8 Å². The number of nitrogens with one attached hydrogen (secondary N) is 1. The van der Waals surface area contributed by atoms with Gasteiger partial charge in [-0.15, -0.1) is 0 Å². The van der Waals surface area contributed by atoms with Crippen LogP contribution in [0.3, 0.4) is 0 Å². The van der Waals surface area contributed by atoms with Gasteiger partial charge in [-0.25, -0.2) is 0 Å². The standard InChI is InChI=1S/C51H99NO5/c1-3-5-7-9-11-13-15-16-17-18-19-20-21-22-24-27-31-35-39-43-49(54)48(47-53)52-50(55)44-40-36-32-28-25-26-30-34-38-42-46-57-51(56)45-41-37-33-29-23-14-12-10-8-6-4-2/h39,43,48-49,53-54H,3-38,40-42,44-47H2,1-2H3,(H,52,55)/b43-39+. The maximum absolute atomic E-state index is 12.4. The molecular formula is C51H99NO5. The van der Waals surface area contributed by atoms with Crippen LogP contribution in [0.2, 0.25) is 0 Å². The second kappa shape index (κ2) is 47.3. The Labute approximate surface area is 355 Å². The monoisotopic (exact) mass is 806 g/mol. The Hall–Kier alpha value is -1.40. The van der Waals surface area contributed by atoms with Gasteiger partial charge in [0.1, 0.15) is 0 Å². The van der Waals surface area contributed by atoms with Crippen molar-refractivity contribution in [1.29, 1.82) is 0 Å². The van der Waals surface area contributed by atoms with Crippen molar-refractivity contribution >= 4 is 11.9 Å². The summed E-state index contributed by atoms with van der Waals surface area (Å²) in [5.74, 6) is -0.109. The van der Waals surface area contributed by atoms with Gasteiger partial charge in [-0.2, -0.15) is 0 Å². The quantitative estimate of drug-likeness (QED) is 0.0323. The lowest BCUT2D eigenvalue weighted by Crippen LogP contribution is -2.45. The SMILES string of the molecule is CCCCCCCCCCCCCCCCCCC/C=C/C(O)C(CO)NC(=O)CCCCCCCCCCCCOC(=O)CCCCCCCCCCCCC. The molecule has 338 valence electrons. The molecular weight excluding hydrogens is 707 g/mol. The van der Waals surface area contributed by atoms with E-state index in [1.54, 1.807) is 6.08 Å². The molecule has 0 fully saturated rings. The van der Waals surface area contributed by atoms with Crippen molar-refractivity contribution in [3.63, 3.8) is 0 Å². The number of unbranched alkanes of at least 4 members (excludes halogenated alkanes) is 36. The van der Waals surface area contributed by atoms with Crippen LogP contribution in [-0.4, -0.2) is 47.4 Å². The first kappa shape index (κ1) is 55.6. The van der Waals surface area contributed by atoms with Gasteiger partial charge in [0.25, 0.3) is 0 Å². The lowest BCUT2D eigenvalue weighted by atomic mass is 10.0. The number of aliphatic hydroxyl groups excluding tert-OH is 2.